The van der Waals surface area contributed by atoms with Gasteiger partial charge in [0.2, 0.25) is 0 Å². The Hall–Kier alpha value is -1.87. The number of hydrogen-bond donors (Lipinski definition) is 0. The molecule has 0 N–H and O–H groups in total. The fraction of sp³-hybridized carbons (Fsp3) is 0.222. The summed E-state index contributed by atoms with van der Waals surface area (Å²) in [5.41, 5.74) is 0.979. The SMILES string of the molecule is CC(C)(C)c1ncc2c(Sc3ccccc3)cccc2n1. The van der Waals surface area contributed by atoms with Gasteiger partial charge in [0, 0.05) is 26.8 Å². The van der Waals surface area contributed by atoms with Gasteiger partial charge < -0.3 is 0 Å². The van der Waals surface area contributed by atoms with E-state index in [9.17, 15) is 0 Å². The fourth-order valence-electron chi connectivity index (χ4n) is 2.09. The summed E-state index contributed by atoms with van der Waals surface area (Å²) >= 11 is 1.75. The predicted octanol–water partition coefficient (Wildman–Crippen LogP) is 5.08. The summed E-state index contributed by atoms with van der Waals surface area (Å²) in [6.07, 6.45) is 1.95. The molecule has 0 unspecified atom stereocenters. The average Bonchev–Trinajstić information content (AvgIpc) is 2.47. The molecule has 0 bridgehead atoms. The molecule has 0 amide bonds. The van der Waals surface area contributed by atoms with Crippen LogP contribution in [0.3, 0.4) is 0 Å². The number of benzene rings is 2. The van der Waals surface area contributed by atoms with Gasteiger partial charge in [-0.1, -0.05) is 56.8 Å². The molecule has 0 radical (unpaired) electrons. The lowest BCUT2D eigenvalue weighted by atomic mass is 9.95. The van der Waals surface area contributed by atoms with Crippen molar-refractivity contribution >= 4 is 22.7 Å². The van der Waals surface area contributed by atoms with Crippen molar-refractivity contribution in [2.45, 2.75) is 36.0 Å². The van der Waals surface area contributed by atoms with Gasteiger partial charge in [-0.05, 0) is 24.3 Å². The van der Waals surface area contributed by atoms with Gasteiger partial charge in [0.25, 0.3) is 0 Å². The minimum Gasteiger partial charge on any atom is -0.240 e. The van der Waals surface area contributed by atoms with Crippen LogP contribution in [0.25, 0.3) is 10.9 Å². The van der Waals surface area contributed by atoms with Crippen LogP contribution in [0.5, 0.6) is 0 Å². The molecule has 0 atom stereocenters. The van der Waals surface area contributed by atoms with Gasteiger partial charge in [0.05, 0.1) is 5.52 Å². The zero-order valence-electron chi connectivity index (χ0n) is 12.5. The monoisotopic (exact) mass is 294 g/mol. The van der Waals surface area contributed by atoms with E-state index < -0.39 is 0 Å². The summed E-state index contributed by atoms with van der Waals surface area (Å²) in [5, 5.41) is 1.11. The minimum atomic E-state index is -0.0310. The Bertz CT molecular complexity index is 761. The van der Waals surface area contributed by atoms with Gasteiger partial charge in [-0.15, -0.1) is 0 Å². The molecule has 3 rings (SSSR count). The molecule has 0 aliphatic carbocycles. The molecule has 0 saturated heterocycles. The maximum absolute atomic E-state index is 4.72. The molecule has 106 valence electrons. The van der Waals surface area contributed by atoms with Gasteiger partial charge in [0.15, 0.2) is 0 Å². The van der Waals surface area contributed by atoms with E-state index in [0.717, 1.165) is 16.7 Å². The Morgan fingerprint density at radius 1 is 0.905 bits per heavy atom. The second kappa shape index (κ2) is 5.49. The molecule has 3 heteroatoms. The maximum Gasteiger partial charge on any atom is 0.134 e. The van der Waals surface area contributed by atoms with Crippen molar-refractivity contribution in [3.05, 3.63) is 60.6 Å². The Kier molecular flexibility index (Phi) is 3.68. The molecule has 1 aromatic heterocycles. The van der Waals surface area contributed by atoms with Gasteiger partial charge in [-0.2, -0.15) is 0 Å². The van der Waals surface area contributed by atoms with Crippen LogP contribution in [0, 0.1) is 0 Å². The molecule has 21 heavy (non-hydrogen) atoms. The highest BCUT2D eigenvalue weighted by Crippen LogP contribution is 2.33. The third-order valence-electron chi connectivity index (χ3n) is 3.23. The molecule has 1 heterocycles. The maximum atomic E-state index is 4.72. The van der Waals surface area contributed by atoms with Gasteiger partial charge in [-0.25, -0.2) is 9.97 Å². The fourth-order valence-corrected chi connectivity index (χ4v) is 3.06. The number of rotatable bonds is 2. The Labute approximate surface area is 129 Å². The van der Waals surface area contributed by atoms with Crippen molar-refractivity contribution in [2.24, 2.45) is 0 Å². The highest BCUT2D eigenvalue weighted by Gasteiger charge is 2.18. The molecule has 3 aromatic rings. The summed E-state index contributed by atoms with van der Waals surface area (Å²) in [7, 11) is 0. The lowest BCUT2D eigenvalue weighted by molar-refractivity contribution is 0.548. The van der Waals surface area contributed by atoms with Crippen LogP contribution < -0.4 is 0 Å². The first-order valence-electron chi connectivity index (χ1n) is 7.03. The smallest absolute Gasteiger partial charge is 0.134 e. The molecule has 0 aliphatic rings. The number of nitrogens with zero attached hydrogens (tertiary/aromatic N) is 2. The molecular formula is C18H18N2S. The van der Waals surface area contributed by atoms with Crippen LogP contribution in [-0.4, -0.2) is 9.97 Å². The summed E-state index contributed by atoms with van der Waals surface area (Å²) in [5.74, 6) is 0.886. The van der Waals surface area contributed by atoms with Crippen molar-refractivity contribution in [3.63, 3.8) is 0 Å². The first-order valence-corrected chi connectivity index (χ1v) is 7.85. The topological polar surface area (TPSA) is 25.8 Å². The molecule has 0 saturated carbocycles. The normalized spacial score (nSPS) is 11.8. The van der Waals surface area contributed by atoms with Crippen LogP contribution in [0.2, 0.25) is 0 Å². The van der Waals surface area contributed by atoms with Crippen LogP contribution in [0.4, 0.5) is 0 Å². The van der Waals surface area contributed by atoms with Crippen molar-refractivity contribution in [1.82, 2.24) is 9.97 Å². The quantitative estimate of drug-likeness (QED) is 0.659. The first-order chi connectivity index (χ1) is 10.0. The van der Waals surface area contributed by atoms with Crippen molar-refractivity contribution < 1.29 is 0 Å². The molecule has 2 nitrogen and oxygen atoms in total. The van der Waals surface area contributed by atoms with Gasteiger partial charge >= 0.3 is 0 Å². The second-order valence-electron chi connectivity index (χ2n) is 6.05. The Morgan fingerprint density at radius 2 is 1.67 bits per heavy atom. The van der Waals surface area contributed by atoms with E-state index in [2.05, 4.69) is 68.2 Å². The third kappa shape index (κ3) is 3.08. The second-order valence-corrected chi connectivity index (χ2v) is 7.16. The lowest BCUT2D eigenvalue weighted by Gasteiger charge is -2.17. The molecule has 0 spiro atoms. The van der Waals surface area contributed by atoms with Crippen LogP contribution in [-0.2, 0) is 5.41 Å². The van der Waals surface area contributed by atoms with Gasteiger partial charge in [-0.3, -0.25) is 0 Å². The van der Waals surface area contributed by atoms with E-state index in [0.29, 0.717) is 0 Å². The predicted molar refractivity (Wildman–Crippen MR) is 88.8 cm³/mol. The zero-order valence-corrected chi connectivity index (χ0v) is 13.3. The van der Waals surface area contributed by atoms with E-state index in [1.807, 2.05) is 12.3 Å². The van der Waals surface area contributed by atoms with E-state index in [1.165, 1.54) is 9.79 Å². The molecule has 2 aromatic carbocycles. The lowest BCUT2D eigenvalue weighted by Crippen LogP contribution is -2.15. The Balaban J connectivity index is 2.05. The van der Waals surface area contributed by atoms with E-state index in [1.54, 1.807) is 11.8 Å². The highest BCUT2D eigenvalue weighted by atomic mass is 32.2. The molecule has 0 aliphatic heterocycles. The van der Waals surface area contributed by atoms with E-state index in [-0.39, 0.29) is 5.41 Å². The van der Waals surface area contributed by atoms with Gasteiger partial charge in [0.1, 0.15) is 5.82 Å². The first kappa shape index (κ1) is 14.1. The summed E-state index contributed by atoms with van der Waals surface area (Å²) in [4.78, 5) is 11.7. The minimum absolute atomic E-state index is 0.0310. The average molecular weight is 294 g/mol. The molecule has 0 fully saturated rings. The third-order valence-corrected chi connectivity index (χ3v) is 4.31. The summed E-state index contributed by atoms with van der Waals surface area (Å²) in [6, 6.07) is 16.6. The van der Waals surface area contributed by atoms with Crippen molar-refractivity contribution in [1.29, 1.82) is 0 Å². The van der Waals surface area contributed by atoms with E-state index >= 15 is 0 Å². The summed E-state index contributed by atoms with van der Waals surface area (Å²) < 4.78 is 0. The molecular weight excluding hydrogens is 276 g/mol. The van der Waals surface area contributed by atoms with Crippen LogP contribution >= 0.6 is 11.8 Å². The van der Waals surface area contributed by atoms with Crippen molar-refractivity contribution in [2.75, 3.05) is 0 Å². The number of fused-ring (bicyclic) bond motifs is 1. The number of hydrogen-bond acceptors (Lipinski definition) is 3. The largest absolute Gasteiger partial charge is 0.240 e. The van der Waals surface area contributed by atoms with Crippen molar-refractivity contribution in [3.8, 4) is 0 Å². The highest BCUT2D eigenvalue weighted by molar-refractivity contribution is 7.99. The number of aromatic nitrogens is 2. The van der Waals surface area contributed by atoms with Crippen LogP contribution in [0.15, 0.2) is 64.5 Å². The van der Waals surface area contributed by atoms with E-state index in [4.69, 9.17) is 4.98 Å². The Morgan fingerprint density at radius 3 is 2.38 bits per heavy atom. The van der Waals surface area contributed by atoms with Crippen LogP contribution in [0.1, 0.15) is 26.6 Å². The zero-order chi connectivity index (χ0) is 14.9. The summed E-state index contributed by atoms with van der Waals surface area (Å²) in [6.45, 7) is 6.41. The standard InChI is InChI=1S/C18H18N2S/c1-18(2,3)17-19-12-14-15(20-17)10-7-11-16(14)21-13-8-5-4-6-9-13/h4-12H,1-3H3.